The van der Waals surface area contributed by atoms with Gasteiger partial charge in [0.15, 0.2) is 11.6 Å². The van der Waals surface area contributed by atoms with Crippen molar-refractivity contribution in [3.63, 3.8) is 0 Å². The monoisotopic (exact) mass is 375 g/mol. The third-order valence-electron chi connectivity index (χ3n) is 5.23. The maximum absolute atomic E-state index is 4.93. The number of nitrogens with zero attached hydrogens (tertiary/aromatic N) is 3. The molecule has 29 heavy (non-hydrogen) atoms. The largest absolute Gasteiger partial charge is 0.213 e. The fraction of sp³-hybridized carbons (Fsp3) is 0.115. The fourth-order valence-electron chi connectivity index (χ4n) is 3.73. The molecule has 0 saturated carbocycles. The molecule has 5 rings (SSSR count). The van der Waals surface area contributed by atoms with E-state index >= 15 is 0 Å². The maximum atomic E-state index is 4.93. The van der Waals surface area contributed by atoms with Crippen LogP contribution in [0.2, 0.25) is 0 Å². The second-order valence-electron chi connectivity index (χ2n) is 7.55. The molecule has 0 atom stereocenters. The zero-order chi connectivity index (χ0) is 19.8. The van der Waals surface area contributed by atoms with E-state index in [0.29, 0.717) is 0 Å². The molecule has 0 saturated heterocycles. The molecule has 5 aromatic rings. The van der Waals surface area contributed by atoms with Crippen LogP contribution < -0.4 is 0 Å². The van der Waals surface area contributed by atoms with Gasteiger partial charge in [-0.3, -0.25) is 0 Å². The van der Waals surface area contributed by atoms with E-state index in [2.05, 4.69) is 98.8 Å². The second kappa shape index (κ2) is 7.10. The van der Waals surface area contributed by atoms with Gasteiger partial charge < -0.3 is 0 Å². The molecular formula is C26H21N3. The average Bonchev–Trinajstić information content (AvgIpc) is 2.78. The van der Waals surface area contributed by atoms with E-state index < -0.39 is 0 Å². The van der Waals surface area contributed by atoms with Crippen LogP contribution in [0.4, 0.5) is 0 Å². The van der Waals surface area contributed by atoms with Crippen molar-refractivity contribution < 1.29 is 0 Å². The van der Waals surface area contributed by atoms with Crippen molar-refractivity contribution >= 4 is 21.5 Å². The number of aromatic nitrogens is 3. The van der Waals surface area contributed by atoms with Gasteiger partial charge in [-0.15, -0.1) is 0 Å². The van der Waals surface area contributed by atoms with E-state index in [1.807, 2.05) is 0 Å². The Balaban J connectivity index is 1.79. The number of hydrogen-bond acceptors (Lipinski definition) is 3. The summed E-state index contributed by atoms with van der Waals surface area (Å²) in [6.07, 6.45) is 0. The molecule has 1 aromatic heterocycles. The molecule has 0 bridgehead atoms. The molecule has 3 nitrogen and oxygen atoms in total. The minimum absolute atomic E-state index is 0.209. The summed E-state index contributed by atoms with van der Waals surface area (Å²) in [4.78, 5) is 14.6. The van der Waals surface area contributed by atoms with E-state index in [9.17, 15) is 0 Å². The molecule has 4 aromatic carbocycles. The summed E-state index contributed by atoms with van der Waals surface area (Å²) in [5.41, 5.74) is 2.07. The molecule has 0 aliphatic rings. The normalized spacial score (nSPS) is 11.4. The summed E-state index contributed by atoms with van der Waals surface area (Å²) in [6, 6.07) is 29.3. The van der Waals surface area contributed by atoms with E-state index in [1.165, 1.54) is 10.8 Å². The highest BCUT2D eigenvalue weighted by Gasteiger charge is 2.15. The first kappa shape index (κ1) is 17.5. The average molecular weight is 375 g/mol. The first-order chi connectivity index (χ1) is 14.2. The zero-order valence-corrected chi connectivity index (χ0v) is 16.5. The number of rotatable bonds is 3. The SMILES string of the molecule is CC(C)c1nc(-c2cccc3ccccc23)nc(-c2cccc3ccccc23)n1. The Labute approximate surface area is 170 Å². The van der Waals surface area contributed by atoms with Crippen molar-refractivity contribution in [2.45, 2.75) is 19.8 Å². The van der Waals surface area contributed by atoms with Crippen LogP contribution in [-0.4, -0.2) is 15.0 Å². The van der Waals surface area contributed by atoms with Crippen LogP contribution in [0.5, 0.6) is 0 Å². The Kier molecular flexibility index (Phi) is 4.28. The molecule has 0 N–H and O–H groups in total. The minimum Gasteiger partial charge on any atom is -0.213 e. The van der Waals surface area contributed by atoms with Crippen LogP contribution in [0.15, 0.2) is 84.9 Å². The van der Waals surface area contributed by atoms with Gasteiger partial charge in [0.1, 0.15) is 5.82 Å². The van der Waals surface area contributed by atoms with Gasteiger partial charge in [-0.05, 0) is 21.5 Å². The molecule has 3 heteroatoms. The van der Waals surface area contributed by atoms with Crippen molar-refractivity contribution in [3.8, 4) is 22.8 Å². The molecule has 0 amide bonds. The Hall–Kier alpha value is -3.59. The zero-order valence-electron chi connectivity index (χ0n) is 16.5. The predicted octanol–water partition coefficient (Wildman–Crippen LogP) is 6.64. The molecule has 0 aliphatic heterocycles. The number of hydrogen-bond donors (Lipinski definition) is 0. The highest BCUT2D eigenvalue weighted by atomic mass is 15.0. The molecule has 1 heterocycles. The van der Waals surface area contributed by atoms with E-state index in [0.717, 1.165) is 39.4 Å². The maximum Gasteiger partial charge on any atom is 0.164 e. The van der Waals surface area contributed by atoms with E-state index in [1.54, 1.807) is 0 Å². The Bertz CT molecular complexity index is 1230. The van der Waals surface area contributed by atoms with E-state index in [4.69, 9.17) is 15.0 Å². The van der Waals surface area contributed by atoms with Crippen molar-refractivity contribution in [1.82, 2.24) is 15.0 Å². The summed E-state index contributed by atoms with van der Waals surface area (Å²) in [5.74, 6) is 2.47. The van der Waals surface area contributed by atoms with Gasteiger partial charge in [0, 0.05) is 17.0 Å². The highest BCUT2D eigenvalue weighted by Crippen LogP contribution is 2.31. The predicted molar refractivity (Wildman–Crippen MR) is 120 cm³/mol. The van der Waals surface area contributed by atoms with Gasteiger partial charge in [-0.25, -0.2) is 15.0 Å². The van der Waals surface area contributed by atoms with Crippen LogP contribution in [0, 0.1) is 0 Å². The topological polar surface area (TPSA) is 38.7 Å². The third kappa shape index (κ3) is 3.15. The smallest absolute Gasteiger partial charge is 0.164 e. The van der Waals surface area contributed by atoms with Crippen LogP contribution >= 0.6 is 0 Å². The molecule has 0 fully saturated rings. The second-order valence-corrected chi connectivity index (χ2v) is 7.55. The van der Waals surface area contributed by atoms with Gasteiger partial charge >= 0.3 is 0 Å². The van der Waals surface area contributed by atoms with Crippen molar-refractivity contribution in [2.75, 3.05) is 0 Å². The lowest BCUT2D eigenvalue weighted by molar-refractivity contribution is 0.766. The summed E-state index contributed by atoms with van der Waals surface area (Å²) < 4.78 is 0. The van der Waals surface area contributed by atoms with Crippen LogP contribution in [-0.2, 0) is 0 Å². The van der Waals surface area contributed by atoms with E-state index in [-0.39, 0.29) is 5.92 Å². The summed E-state index contributed by atoms with van der Waals surface area (Å²) >= 11 is 0. The lowest BCUT2D eigenvalue weighted by Gasteiger charge is -2.12. The molecular weight excluding hydrogens is 354 g/mol. The van der Waals surface area contributed by atoms with Crippen LogP contribution in [0.25, 0.3) is 44.3 Å². The van der Waals surface area contributed by atoms with Gasteiger partial charge in [-0.1, -0.05) is 98.8 Å². The summed E-state index contributed by atoms with van der Waals surface area (Å²) in [5, 5.41) is 4.67. The Morgan fingerprint density at radius 2 is 0.966 bits per heavy atom. The molecule has 0 spiro atoms. The number of fused-ring (bicyclic) bond motifs is 2. The first-order valence-corrected chi connectivity index (χ1v) is 9.93. The van der Waals surface area contributed by atoms with Gasteiger partial charge in [0.2, 0.25) is 0 Å². The molecule has 0 unspecified atom stereocenters. The standard InChI is InChI=1S/C26H21N3/c1-17(2)24-27-25(22-15-7-11-18-9-3-5-13-20(18)22)29-26(28-24)23-16-8-12-19-10-4-6-14-21(19)23/h3-17H,1-2H3. The van der Waals surface area contributed by atoms with Crippen molar-refractivity contribution in [2.24, 2.45) is 0 Å². The first-order valence-electron chi connectivity index (χ1n) is 9.93. The Morgan fingerprint density at radius 3 is 1.45 bits per heavy atom. The summed E-state index contributed by atoms with van der Waals surface area (Å²) in [6.45, 7) is 4.24. The summed E-state index contributed by atoms with van der Waals surface area (Å²) in [7, 11) is 0. The lowest BCUT2D eigenvalue weighted by Crippen LogP contribution is -2.05. The highest BCUT2D eigenvalue weighted by molar-refractivity contribution is 5.97. The fourth-order valence-corrected chi connectivity index (χ4v) is 3.73. The molecule has 0 radical (unpaired) electrons. The lowest BCUT2D eigenvalue weighted by atomic mass is 10.0. The number of benzene rings is 4. The molecule has 140 valence electrons. The van der Waals surface area contributed by atoms with Gasteiger partial charge in [-0.2, -0.15) is 0 Å². The van der Waals surface area contributed by atoms with Crippen LogP contribution in [0.1, 0.15) is 25.6 Å². The quantitative estimate of drug-likeness (QED) is 0.355. The minimum atomic E-state index is 0.209. The van der Waals surface area contributed by atoms with Crippen molar-refractivity contribution in [3.05, 3.63) is 90.8 Å². The van der Waals surface area contributed by atoms with Gasteiger partial charge in [0.05, 0.1) is 0 Å². The van der Waals surface area contributed by atoms with Gasteiger partial charge in [0.25, 0.3) is 0 Å². The third-order valence-corrected chi connectivity index (χ3v) is 5.23. The van der Waals surface area contributed by atoms with Crippen molar-refractivity contribution in [1.29, 1.82) is 0 Å². The molecule has 0 aliphatic carbocycles. The Morgan fingerprint density at radius 1 is 0.517 bits per heavy atom. The van der Waals surface area contributed by atoms with Crippen LogP contribution in [0.3, 0.4) is 0 Å².